The summed E-state index contributed by atoms with van der Waals surface area (Å²) < 4.78 is 78.6. The number of halogens is 6. The summed E-state index contributed by atoms with van der Waals surface area (Å²) in [5.74, 6) is -0.608. The van der Waals surface area contributed by atoms with E-state index in [9.17, 15) is 31.1 Å². The number of carbonyl (C=O) groups excluding carboxylic acids is 1. The van der Waals surface area contributed by atoms with Crippen LogP contribution in [0.25, 0.3) is 11.3 Å². The fourth-order valence-electron chi connectivity index (χ4n) is 3.51. The molecule has 0 unspecified atom stereocenters. The molecule has 1 amide bonds. The molecule has 1 aliphatic rings. The summed E-state index contributed by atoms with van der Waals surface area (Å²) in [5, 5.41) is 10.6. The number of nitrogens with zero attached hydrogens (tertiary/aromatic N) is 5. The van der Waals surface area contributed by atoms with E-state index in [1.165, 1.54) is 6.07 Å². The highest BCUT2D eigenvalue weighted by molar-refractivity contribution is 5.94. The van der Waals surface area contributed by atoms with E-state index in [1.807, 2.05) is 0 Å². The van der Waals surface area contributed by atoms with E-state index < -0.39 is 36.5 Å². The minimum absolute atomic E-state index is 0.0323. The first-order valence-corrected chi connectivity index (χ1v) is 9.51. The first-order chi connectivity index (χ1) is 15.0. The van der Waals surface area contributed by atoms with Crippen LogP contribution in [0.5, 0.6) is 0 Å². The quantitative estimate of drug-likeness (QED) is 0.600. The number of fused-ring (bicyclic) bond motifs is 1. The lowest BCUT2D eigenvalue weighted by molar-refractivity contribution is -0.143. The van der Waals surface area contributed by atoms with Crippen molar-refractivity contribution < 1.29 is 31.1 Å². The Morgan fingerprint density at radius 3 is 2.69 bits per heavy atom. The number of alkyl halides is 6. The standard InChI is InChI=1S/C19H16F6N6O/c20-18(21,22)10-30-9-12(8-27-30)17(32)28-13-2-1-5-31-15(13)7-14(29-31)11-3-4-26-16(6-11)19(23,24)25/h3-4,6-9,13H,1-2,5,10H2,(H,28,32)/t13-/m0/s1. The SMILES string of the molecule is O=C(N[C@H]1CCCn2nc(-c3ccnc(C(F)(F)F)c3)cc21)c1cnn(CC(F)(F)F)c1. The average Bonchev–Trinajstić information content (AvgIpc) is 3.34. The Bertz CT molecular complexity index is 1130. The Kier molecular flexibility index (Phi) is 5.42. The minimum Gasteiger partial charge on any atom is -0.344 e. The number of aryl methyl sites for hydroxylation is 1. The molecule has 1 atom stereocenters. The Morgan fingerprint density at radius 2 is 1.97 bits per heavy atom. The molecular weight excluding hydrogens is 442 g/mol. The van der Waals surface area contributed by atoms with Crippen LogP contribution in [0.1, 0.15) is 40.6 Å². The third kappa shape index (κ3) is 4.75. The fourth-order valence-corrected chi connectivity index (χ4v) is 3.51. The Balaban J connectivity index is 1.54. The molecule has 3 aromatic heterocycles. The van der Waals surface area contributed by atoms with Gasteiger partial charge in [-0.1, -0.05) is 0 Å². The van der Waals surface area contributed by atoms with Crippen molar-refractivity contribution in [3.05, 3.63) is 53.7 Å². The highest BCUT2D eigenvalue weighted by Crippen LogP contribution is 2.33. The topological polar surface area (TPSA) is 77.6 Å². The molecule has 0 fully saturated rings. The fraction of sp³-hybridized carbons (Fsp3) is 0.368. The lowest BCUT2D eigenvalue weighted by Gasteiger charge is -2.24. The summed E-state index contributed by atoms with van der Waals surface area (Å²) in [6, 6.07) is 3.39. The van der Waals surface area contributed by atoms with Crippen molar-refractivity contribution in [3.63, 3.8) is 0 Å². The van der Waals surface area contributed by atoms with E-state index in [4.69, 9.17) is 0 Å². The molecule has 170 valence electrons. The number of carbonyl (C=O) groups is 1. The van der Waals surface area contributed by atoms with Crippen LogP contribution in [-0.4, -0.2) is 36.6 Å². The predicted molar refractivity (Wildman–Crippen MR) is 98.2 cm³/mol. The molecule has 13 heteroatoms. The second-order valence-corrected chi connectivity index (χ2v) is 7.32. The van der Waals surface area contributed by atoms with Crippen LogP contribution in [0.15, 0.2) is 36.8 Å². The second kappa shape index (κ2) is 7.95. The molecule has 0 aliphatic carbocycles. The molecule has 0 saturated heterocycles. The third-order valence-corrected chi connectivity index (χ3v) is 4.92. The van der Waals surface area contributed by atoms with Crippen molar-refractivity contribution >= 4 is 5.91 Å². The number of nitrogens with one attached hydrogen (secondary N) is 1. The van der Waals surface area contributed by atoms with Crippen LogP contribution in [-0.2, 0) is 19.3 Å². The molecule has 1 aliphatic heterocycles. The van der Waals surface area contributed by atoms with Gasteiger partial charge in [0.1, 0.15) is 12.2 Å². The van der Waals surface area contributed by atoms with E-state index in [-0.39, 0.29) is 11.1 Å². The van der Waals surface area contributed by atoms with Gasteiger partial charge in [0, 0.05) is 24.5 Å². The zero-order valence-corrected chi connectivity index (χ0v) is 16.3. The summed E-state index contributed by atoms with van der Waals surface area (Å²) in [6.45, 7) is -0.798. The van der Waals surface area contributed by atoms with Gasteiger partial charge in [0.05, 0.1) is 29.2 Å². The van der Waals surface area contributed by atoms with Crippen molar-refractivity contribution in [2.75, 3.05) is 0 Å². The van der Waals surface area contributed by atoms with Crippen LogP contribution < -0.4 is 5.32 Å². The van der Waals surface area contributed by atoms with Crippen molar-refractivity contribution in [2.24, 2.45) is 0 Å². The van der Waals surface area contributed by atoms with Gasteiger partial charge in [-0.2, -0.15) is 36.5 Å². The van der Waals surface area contributed by atoms with Gasteiger partial charge in [-0.15, -0.1) is 0 Å². The Labute approximate surface area is 177 Å². The molecule has 0 aromatic carbocycles. The van der Waals surface area contributed by atoms with Crippen LogP contribution in [0.2, 0.25) is 0 Å². The minimum atomic E-state index is -4.59. The van der Waals surface area contributed by atoms with E-state index in [0.717, 1.165) is 24.7 Å². The van der Waals surface area contributed by atoms with Gasteiger partial charge < -0.3 is 5.32 Å². The van der Waals surface area contributed by atoms with Gasteiger partial charge in [-0.25, -0.2) is 0 Å². The maximum absolute atomic E-state index is 13.0. The zero-order valence-electron chi connectivity index (χ0n) is 16.3. The number of amides is 1. The van der Waals surface area contributed by atoms with Gasteiger partial charge >= 0.3 is 12.4 Å². The normalized spacial score (nSPS) is 16.6. The highest BCUT2D eigenvalue weighted by Gasteiger charge is 2.33. The van der Waals surface area contributed by atoms with Gasteiger partial charge in [-0.3, -0.25) is 19.1 Å². The van der Waals surface area contributed by atoms with Gasteiger partial charge in [-0.05, 0) is 31.0 Å². The van der Waals surface area contributed by atoms with Gasteiger partial charge in [0.15, 0.2) is 0 Å². The Morgan fingerprint density at radius 1 is 1.19 bits per heavy atom. The van der Waals surface area contributed by atoms with E-state index in [2.05, 4.69) is 20.5 Å². The number of rotatable bonds is 4. The number of hydrogen-bond donors (Lipinski definition) is 1. The predicted octanol–water partition coefficient (Wildman–Crippen LogP) is 3.99. The second-order valence-electron chi connectivity index (χ2n) is 7.32. The first kappa shape index (κ1) is 21.8. The number of hydrogen-bond acceptors (Lipinski definition) is 4. The van der Waals surface area contributed by atoms with E-state index in [1.54, 1.807) is 10.7 Å². The summed E-state index contributed by atoms with van der Waals surface area (Å²) in [6.07, 6.45) is -4.78. The molecule has 4 heterocycles. The lowest BCUT2D eigenvalue weighted by Crippen LogP contribution is -2.32. The molecule has 4 rings (SSSR count). The first-order valence-electron chi connectivity index (χ1n) is 9.51. The van der Waals surface area contributed by atoms with Crippen LogP contribution in [0.4, 0.5) is 26.3 Å². The maximum atomic E-state index is 13.0. The van der Waals surface area contributed by atoms with Crippen molar-refractivity contribution in [3.8, 4) is 11.3 Å². The largest absolute Gasteiger partial charge is 0.433 e. The van der Waals surface area contributed by atoms with Crippen LogP contribution in [0.3, 0.4) is 0 Å². The molecule has 0 bridgehead atoms. The van der Waals surface area contributed by atoms with Crippen LogP contribution in [0, 0.1) is 0 Å². The third-order valence-electron chi connectivity index (χ3n) is 4.92. The van der Waals surface area contributed by atoms with Crippen LogP contribution >= 0.6 is 0 Å². The highest BCUT2D eigenvalue weighted by atomic mass is 19.4. The summed E-state index contributed by atoms with van der Waals surface area (Å²) >= 11 is 0. The molecule has 7 nitrogen and oxygen atoms in total. The van der Waals surface area contributed by atoms with E-state index >= 15 is 0 Å². The van der Waals surface area contributed by atoms with Gasteiger partial charge in [0.2, 0.25) is 0 Å². The number of aromatic nitrogens is 5. The molecule has 0 radical (unpaired) electrons. The number of pyridine rings is 1. The zero-order chi connectivity index (χ0) is 23.1. The summed E-state index contributed by atoms with van der Waals surface area (Å²) in [5.41, 5.74) is 0.0455. The van der Waals surface area contributed by atoms with Crippen molar-refractivity contribution in [2.45, 2.75) is 44.3 Å². The van der Waals surface area contributed by atoms with Crippen molar-refractivity contribution in [1.82, 2.24) is 29.9 Å². The summed E-state index contributed by atoms with van der Waals surface area (Å²) in [7, 11) is 0. The molecule has 32 heavy (non-hydrogen) atoms. The Hall–Kier alpha value is -3.38. The smallest absolute Gasteiger partial charge is 0.344 e. The molecule has 3 aromatic rings. The monoisotopic (exact) mass is 458 g/mol. The molecule has 1 N–H and O–H groups in total. The molecule has 0 spiro atoms. The molecule has 0 saturated carbocycles. The average molecular weight is 458 g/mol. The summed E-state index contributed by atoms with van der Waals surface area (Å²) in [4.78, 5) is 15.9. The van der Waals surface area contributed by atoms with Gasteiger partial charge in [0.25, 0.3) is 5.91 Å². The maximum Gasteiger partial charge on any atom is 0.433 e. The van der Waals surface area contributed by atoms with E-state index in [0.29, 0.717) is 35.5 Å². The van der Waals surface area contributed by atoms with Crippen molar-refractivity contribution in [1.29, 1.82) is 0 Å². The lowest BCUT2D eigenvalue weighted by atomic mass is 10.0. The molecular formula is C19H16F6N6O.